The molecule has 2 aliphatic heterocycles. The van der Waals surface area contributed by atoms with Crippen LogP contribution in [0.25, 0.3) is 0 Å². The number of terminal acetylenes is 1. The van der Waals surface area contributed by atoms with E-state index in [4.69, 9.17) is 6.42 Å². The van der Waals surface area contributed by atoms with Gasteiger partial charge in [0.05, 0.1) is 0 Å². The minimum Gasteiger partial charge on any atom is -0.352 e. The number of hydrogen-bond acceptors (Lipinski definition) is 4. The van der Waals surface area contributed by atoms with Crippen molar-refractivity contribution in [2.24, 2.45) is 10.2 Å². The molecule has 2 amide bonds. The average molecular weight is 338 g/mol. The van der Waals surface area contributed by atoms with Crippen LogP contribution in [0.2, 0.25) is 0 Å². The number of likely N-dealkylation sites (tertiary alicyclic amines) is 1. The second-order valence-corrected chi connectivity index (χ2v) is 6.51. The summed E-state index contributed by atoms with van der Waals surface area (Å²) in [5.41, 5.74) is 1.28. The van der Waals surface area contributed by atoms with Crippen LogP contribution < -0.4 is 5.32 Å². The maximum Gasteiger partial charge on any atom is 0.251 e. The largest absolute Gasteiger partial charge is 0.352 e. The summed E-state index contributed by atoms with van der Waals surface area (Å²) in [5, 5.41) is 11.0. The van der Waals surface area contributed by atoms with Gasteiger partial charge in [0.15, 0.2) is 5.66 Å². The molecule has 0 spiro atoms. The molecule has 6 heteroatoms. The van der Waals surface area contributed by atoms with E-state index in [2.05, 4.69) is 21.5 Å². The summed E-state index contributed by atoms with van der Waals surface area (Å²) in [6, 6.07) is 7.40. The van der Waals surface area contributed by atoms with Crippen molar-refractivity contribution in [1.29, 1.82) is 0 Å². The van der Waals surface area contributed by atoms with Crippen LogP contribution in [0.4, 0.5) is 0 Å². The quantitative estimate of drug-likeness (QED) is 0.740. The summed E-state index contributed by atoms with van der Waals surface area (Å²) < 4.78 is 0. The van der Waals surface area contributed by atoms with Crippen LogP contribution in [0.1, 0.15) is 48.0 Å². The number of benzene rings is 1. The first-order valence-corrected chi connectivity index (χ1v) is 8.64. The smallest absolute Gasteiger partial charge is 0.251 e. The monoisotopic (exact) mass is 338 g/mol. The number of rotatable bonds is 8. The Kier molecular flexibility index (Phi) is 5.13. The first-order valence-electron chi connectivity index (χ1n) is 8.64. The van der Waals surface area contributed by atoms with Crippen molar-refractivity contribution < 1.29 is 9.59 Å². The van der Waals surface area contributed by atoms with E-state index in [1.165, 1.54) is 0 Å². The molecule has 0 saturated carbocycles. The fraction of sp³-hybridized carbons (Fsp3) is 0.474. The van der Waals surface area contributed by atoms with E-state index in [9.17, 15) is 9.59 Å². The van der Waals surface area contributed by atoms with Crippen LogP contribution in [0, 0.1) is 12.3 Å². The molecular formula is C19H22N4O2. The van der Waals surface area contributed by atoms with Crippen molar-refractivity contribution in [2.75, 3.05) is 13.1 Å². The molecule has 2 heterocycles. The van der Waals surface area contributed by atoms with Crippen molar-refractivity contribution in [2.45, 2.75) is 44.3 Å². The van der Waals surface area contributed by atoms with Gasteiger partial charge in [0.2, 0.25) is 5.91 Å². The molecule has 0 unspecified atom stereocenters. The molecule has 130 valence electrons. The van der Waals surface area contributed by atoms with Gasteiger partial charge in [0.1, 0.15) is 0 Å². The van der Waals surface area contributed by atoms with Gasteiger partial charge in [-0.25, -0.2) is 0 Å². The van der Waals surface area contributed by atoms with Gasteiger partial charge in [-0.05, 0) is 24.1 Å². The molecule has 1 fully saturated rings. The zero-order valence-corrected chi connectivity index (χ0v) is 14.2. The summed E-state index contributed by atoms with van der Waals surface area (Å²) in [6.45, 7) is 1.94. The number of hydrogen-bond donors (Lipinski definition) is 1. The molecule has 0 aliphatic carbocycles. The third kappa shape index (κ3) is 4.44. The first kappa shape index (κ1) is 17.2. The summed E-state index contributed by atoms with van der Waals surface area (Å²) in [5.74, 6) is 2.68. The van der Waals surface area contributed by atoms with E-state index >= 15 is 0 Å². The van der Waals surface area contributed by atoms with Gasteiger partial charge in [-0.2, -0.15) is 10.2 Å². The summed E-state index contributed by atoms with van der Waals surface area (Å²) in [6.07, 6.45) is 8.89. The third-order valence-electron chi connectivity index (χ3n) is 4.62. The molecule has 0 atom stereocenters. The molecule has 1 aromatic carbocycles. The lowest BCUT2D eigenvalue weighted by atomic mass is 10.0. The SMILES string of the molecule is C#CCCC1(CCNC(=O)c2ccc(CN3CCCC3=O)cc2)N=N1. The molecule has 25 heavy (non-hydrogen) atoms. The molecule has 0 bridgehead atoms. The Morgan fingerprint density at radius 3 is 2.64 bits per heavy atom. The minimum atomic E-state index is -0.369. The van der Waals surface area contributed by atoms with Crippen LogP contribution in [-0.2, 0) is 11.3 Å². The van der Waals surface area contributed by atoms with Crippen molar-refractivity contribution in [3.63, 3.8) is 0 Å². The lowest BCUT2D eigenvalue weighted by molar-refractivity contribution is -0.128. The summed E-state index contributed by atoms with van der Waals surface area (Å²) in [7, 11) is 0. The highest BCUT2D eigenvalue weighted by Gasteiger charge is 2.38. The van der Waals surface area contributed by atoms with Crippen molar-refractivity contribution in [1.82, 2.24) is 10.2 Å². The normalized spacial score (nSPS) is 17.4. The van der Waals surface area contributed by atoms with E-state index in [0.717, 1.165) is 24.9 Å². The zero-order valence-electron chi connectivity index (χ0n) is 14.2. The van der Waals surface area contributed by atoms with Gasteiger partial charge in [-0.3, -0.25) is 9.59 Å². The average Bonchev–Trinajstić information content (AvgIpc) is 3.28. The highest BCUT2D eigenvalue weighted by Crippen LogP contribution is 2.36. The van der Waals surface area contributed by atoms with E-state index in [-0.39, 0.29) is 17.5 Å². The minimum absolute atomic E-state index is 0.114. The molecule has 1 saturated heterocycles. The second kappa shape index (κ2) is 7.47. The molecule has 0 radical (unpaired) electrons. The highest BCUT2D eigenvalue weighted by atomic mass is 16.2. The Balaban J connectivity index is 1.44. The summed E-state index contributed by atoms with van der Waals surface area (Å²) >= 11 is 0. The Bertz CT molecular complexity index is 712. The standard InChI is InChI=1S/C19H22N4O2/c1-2-3-10-19(21-22-19)11-12-20-18(25)16-8-6-15(7-9-16)14-23-13-4-5-17(23)24/h1,6-9H,3-5,10-14H2,(H,20,25). The number of amides is 2. The predicted octanol–water partition coefficient (Wildman–Crippen LogP) is 2.50. The number of carbonyl (C=O) groups is 2. The van der Waals surface area contributed by atoms with Gasteiger partial charge in [-0.1, -0.05) is 12.1 Å². The van der Waals surface area contributed by atoms with Crippen LogP contribution >= 0.6 is 0 Å². The Morgan fingerprint density at radius 1 is 1.28 bits per heavy atom. The van der Waals surface area contributed by atoms with E-state index in [0.29, 0.717) is 37.9 Å². The van der Waals surface area contributed by atoms with Crippen LogP contribution in [0.5, 0.6) is 0 Å². The number of carbonyl (C=O) groups excluding carboxylic acids is 2. The van der Waals surface area contributed by atoms with Crippen molar-refractivity contribution in [3.8, 4) is 12.3 Å². The molecule has 6 nitrogen and oxygen atoms in total. The first-order chi connectivity index (χ1) is 12.1. The maximum atomic E-state index is 12.2. The molecule has 0 aromatic heterocycles. The van der Waals surface area contributed by atoms with E-state index in [1.807, 2.05) is 17.0 Å². The maximum absolute atomic E-state index is 12.2. The molecule has 1 N–H and O–H groups in total. The lowest BCUT2D eigenvalue weighted by Crippen LogP contribution is -2.28. The van der Waals surface area contributed by atoms with Crippen LogP contribution in [0.15, 0.2) is 34.5 Å². The summed E-state index contributed by atoms with van der Waals surface area (Å²) in [4.78, 5) is 25.7. The van der Waals surface area contributed by atoms with Gasteiger partial charge in [0, 0.05) is 50.9 Å². The fourth-order valence-electron chi connectivity index (χ4n) is 3.00. The zero-order chi connectivity index (χ0) is 17.7. The van der Waals surface area contributed by atoms with Gasteiger partial charge < -0.3 is 10.2 Å². The van der Waals surface area contributed by atoms with Gasteiger partial charge in [-0.15, -0.1) is 12.3 Å². The lowest BCUT2D eigenvalue weighted by Gasteiger charge is -2.15. The topological polar surface area (TPSA) is 74.1 Å². The van der Waals surface area contributed by atoms with Crippen LogP contribution in [-0.4, -0.2) is 35.5 Å². The van der Waals surface area contributed by atoms with Gasteiger partial charge >= 0.3 is 0 Å². The number of nitrogens with one attached hydrogen (secondary N) is 1. The third-order valence-corrected chi connectivity index (χ3v) is 4.62. The van der Waals surface area contributed by atoms with Crippen LogP contribution in [0.3, 0.4) is 0 Å². The Labute approximate surface area is 147 Å². The van der Waals surface area contributed by atoms with Gasteiger partial charge in [0.25, 0.3) is 5.91 Å². The van der Waals surface area contributed by atoms with Crippen molar-refractivity contribution >= 4 is 11.8 Å². The number of nitrogens with zero attached hydrogens (tertiary/aromatic N) is 3. The van der Waals surface area contributed by atoms with E-state index in [1.54, 1.807) is 12.1 Å². The highest BCUT2D eigenvalue weighted by molar-refractivity contribution is 5.94. The Hall–Kier alpha value is -2.68. The Morgan fingerprint density at radius 2 is 2.04 bits per heavy atom. The van der Waals surface area contributed by atoms with Crippen molar-refractivity contribution in [3.05, 3.63) is 35.4 Å². The fourth-order valence-corrected chi connectivity index (χ4v) is 3.00. The molecular weight excluding hydrogens is 316 g/mol. The second-order valence-electron chi connectivity index (χ2n) is 6.51. The predicted molar refractivity (Wildman–Crippen MR) is 93.7 cm³/mol. The molecule has 2 aliphatic rings. The molecule has 1 aromatic rings. The van der Waals surface area contributed by atoms with E-state index < -0.39 is 0 Å². The molecule has 3 rings (SSSR count).